The minimum absolute atomic E-state index is 0.0796. The number of allylic oxidation sites excluding steroid dienone is 1. The van der Waals surface area contributed by atoms with Crippen LogP contribution in [-0.4, -0.2) is 36.7 Å². The number of methoxy groups -OCH3 is 1. The summed E-state index contributed by atoms with van der Waals surface area (Å²) in [6, 6.07) is 11.8. The second kappa shape index (κ2) is 9.67. The van der Waals surface area contributed by atoms with E-state index >= 15 is 0 Å². The predicted octanol–water partition coefficient (Wildman–Crippen LogP) is 5.36. The van der Waals surface area contributed by atoms with Gasteiger partial charge in [0.25, 0.3) is 5.91 Å². The van der Waals surface area contributed by atoms with Gasteiger partial charge in [0.05, 0.1) is 24.3 Å². The van der Waals surface area contributed by atoms with Crippen LogP contribution in [0.25, 0.3) is 6.08 Å². The quantitative estimate of drug-likeness (QED) is 0.445. The average molecular weight is 423 g/mol. The molecular weight excluding hydrogens is 396 g/mol. The Balaban J connectivity index is 1.96. The van der Waals surface area contributed by atoms with Crippen molar-refractivity contribution >= 4 is 34.6 Å². The van der Waals surface area contributed by atoms with E-state index in [0.29, 0.717) is 34.6 Å². The normalized spacial score (nSPS) is 16.4. The molecule has 156 valence electrons. The lowest BCUT2D eigenvalue weighted by atomic mass is 10.0. The van der Waals surface area contributed by atoms with E-state index in [-0.39, 0.29) is 5.91 Å². The molecule has 0 atom stereocenters. The largest absolute Gasteiger partial charge is 0.493 e. The first-order valence-electron chi connectivity index (χ1n) is 9.74. The molecular formula is C24H26N2O3S. The Morgan fingerprint density at radius 3 is 2.60 bits per heavy atom. The maximum absolute atomic E-state index is 12.8. The first-order valence-corrected chi connectivity index (χ1v) is 10.6. The van der Waals surface area contributed by atoms with Gasteiger partial charge in [0.2, 0.25) is 0 Å². The van der Waals surface area contributed by atoms with Crippen LogP contribution in [0.4, 0.5) is 5.69 Å². The summed E-state index contributed by atoms with van der Waals surface area (Å²) in [5.74, 6) is 1.27. The third-order valence-corrected chi connectivity index (χ3v) is 5.65. The summed E-state index contributed by atoms with van der Waals surface area (Å²) in [6.07, 6.45) is 4.33. The van der Waals surface area contributed by atoms with E-state index in [2.05, 4.69) is 11.6 Å². The standard InChI is InChI=1S/C24H26N2O3S/c1-6-8-18-13-17(14-20(28-5)22(18)29-7-2)15-21-23(27)26(4)24(30-21)25-19-11-9-16(3)10-12-19/h6,9-15H,1,7-8H2,2-5H3/b21-15+,25-24?. The number of amides is 1. The number of rotatable bonds is 7. The van der Waals surface area contributed by atoms with Gasteiger partial charge in [0.15, 0.2) is 16.7 Å². The van der Waals surface area contributed by atoms with Gasteiger partial charge in [0, 0.05) is 12.6 Å². The van der Waals surface area contributed by atoms with Gasteiger partial charge in [-0.2, -0.15) is 0 Å². The molecule has 0 bridgehead atoms. The molecule has 0 saturated carbocycles. The fourth-order valence-corrected chi connectivity index (χ4v) is 4.05. The lowest BCUT2D eigenvalue weighted by Crippen LogP contribution is -2.23. The van der Waals surface area contributed by atoms with E-state index in [0.717, 1.165) is 16.8 Å². The minimum atomic E-state index is -0.0796. The number of amidine groups is 1. The van der Waals surface area contributed by atoms with Crippen LogP contribution in [0.2, 0.25) is 0 Å². The van der Waals surface area contributed by atoms with Gasteiger partial charge in [-0.05, 0) is 67.9 Å². The van der Waals surface area contributed by atoms with Gasteiger partial charge in [-0.1, -0.05) is 23.8 Å². The fourth-order valence-electron chi connectivity index (χ4n) is 3.07. The van der Waals surface area contributed by atoms with Gasteiger partial charge in [-0.3, -0.25) is 9.69 Å². The summed E-state index contributed by atoms with van der Waals surface area (Å²) in [5.41, 5.74) is 3.83. The molecule has 0 radical (unpaired) electrons. The summed E-state index contributed by atoms with van der Waals surface area (Å²) < 4.78 is 11.3. The topological polar surface area (TPSA) is 51.1 Å². The Morgan fingerprint density at radius 2 is 1.97 bits per heavy atom. The first-order chi connectivity index (χ1) is 14.5. The summed E-state index contributed by atoms with van der Waals surface area (Å²) in [4.78, 5) is 19.6. The van der Waals surface area contributed by atoms with Crippen LogP contribution in [0.3, 0.4) is 0 Å². The van der Waals surface area contributed by atoms with Crippen molar-refractivity contribution in [2.45, 2.75) is 20.3 Å². The Labute approximate surface area is 182 Å². The second-order valence-electron chi connectivity index (χ2n) is 6.84. The maximum atomic E-state index is 12.8. The number of ether oxygens (including phenoxy) is 2. The highest BCUT2D eigenvalue weighted by molar-refractivity contribution is 8.18. The number of nitrogens with zero attached hydrogens (tertiary/aromatic N) is 2. The molecule has 2 aromatic carbocycles. The molecule has 2 aromatic rings. The summed E-state index contributed by atoms with van der Waals surface area (Å²) in [6.45, 7) is 8.34. The number of hydrogen-bond acceptors (Lipinski definition) is 5. The minimum Gasteiger partial charge on any atom is -0.493 e. The predicted molar refractivity (Wildman–Crippen MR) is 125 cm³/mol. The molecule has 1 fully saturated rings. The summed E-state index contributed by atoms with van der Waals surface area (Å²) in [5, 5.41) is 0.652. The second-order valence-corrected chi connectivity index (χ2v) is 7.85. The Morgan fingerprint density at radius 1 is 1.23 bits per heavy atom. The third-order valence-electron chi connectivity index (χ3n) is 4.59. The lowest BCUT2D eigenvalue weighted by Gasteiger charge is -2.14. The van der Waals surface area contributed by atoms with E-state index in [9.17, 15) is 4.79 Å². The SMILES string of the molecule is C=CCc1cc(/C=C2/SC(=Nc3ccc(C)cc3)N(C)C2=O)cc(OC)c1OCC. The highest BCUT2D eigenvalue weighted by Crippen LogP contribution is 2.37. The average Bonchev–Trinajstić information content (AvgIpc) is 2.99. The zero-order valence-electron chi connectivity index (χ0n) is 17.8. The van der Waals surface area contributed by atoms with Crippen molar-refractivity contribution in [3.63, 3.8) is 0 Å². The molecule has 0 unspecified atom stereocenters. The van der Waals surface area contributed by atoms with Crippen molar-refractivity contribution in [2.24, 2.45) is 4.99 Å². The van der Waals surface area contributed by atoms with Crippen molar-refractivity contribution < 1.29 is 14.3 Å². The van der Waals surface area contributed by atoms with Gasteiger partial charge >= 0.3 is 0 Å². The Bertz CT molecular complexity index is 1010. The van der Waals surface area contributed by atoms with Crippen LogP contribution in [-0.2, 0) is 11.2 Å². The number of thioether (sulfide) groups is 1. The van der Waals surface area contributed by atoms with Gasteiger partial charge in [-0.15, -0.1) is 6.58 Å². The van der Waals surface area contributed by atoms with Gasteiger partial charge in [-0.25, -0.2) is 4.99 Å². The lowest BCUT2D eigenvalue weighted by molar-refractivity contribution is -0.121. The fraction of sp³-hybridized carbons (Fsp3) is 0.250. The number of benzene rings is 2. The van der Waals surface area contributed by atoms with Crippen LogP contribution in [0.1, 0.15) is 23.6 Å². The molecule has 1 aliphatic heterocycles. The highest BCUT2D eigenvalue weighted by Gasteiger charge is 2.30. The van der Waals surface area contributed by atoms with Gasteiger partial charge < -0.3 is 9.47 Å². The Hall–Kier alpha value is -2.99. The molecule has 0 spiro atoms. The summed E-state index contributed by atoms with van der Waals surface area (Å²) in [7, 11) is 3.35. The number of carbonyl (C=O) groups excluding carboxylic acids is 1. The van der Waals surface area contributed by atoms with E-state index in [1.807, 2.05) is 62.4 Å². The Kier molecular flexibility index (Phi) is 7.00. The number of aryl methyl sites for hydroxylation is 1. The zero-order valence-corrected chi connectivity index (χ0v) is 18.6. The van der Waals surface area contributed by atoms with Crippen LogP contribution in [0.5, 0.6) is 11.5 Å². The highest BCUT2D eigenvalue weighted by atomic mass is 32.2. The molecule has 1 saturated heterocycles. The monoisotopic (exact) mass is 422 g/mol. The number of carbonyl (C=O) groups is 1. The maximum Gasteiger partial charge on any atom is 0.266 e. The van der Waals surface area contributed by atoms with Crippen molar-refractivity contribution in [3.05, 3.63) is 70.6 Å². The number of hydrogen-bond donors (Lipinski definition) is 0. The van der Waals surface area contributed by atoms with Gasteiger partial charge in [0.1, 0.15) is 0 Å². The van der Waals surface area contributed by atoms with Crippen molar-refractivity contribution in [1.29, 1.82) is 0 Å². The van der Waals surface area contributed by atoms with Crippen molar-refractivity contribution in [3.8, 4) is 11.5 Å². The molecule has 1 amide bonds. The van der Waals surface area contributed by atoms with Crippen LogP contribution >= 0.6 is 11.8 Å². The van der Waals surface area contributed by atoms with Crippen LogP contribution in [0.15, 0.2) is 59.0 Å². The van der Waals surface area contributed by atoms with E-state index < -0.39 is 0 Å². The van der Waals surface area contributed by atoms with E-state index in [1.54, 1.807) is 19.1 Å². The smallest absolute Gasteiger partial charge is 0.266 e. The van der Waals surface area contributed by atoms with Crippen LogP contribution in [0, 0.1) is 6.92 Å². The molecule has 0 N–H and O–H groups in total. The number of likely N-dealkylation sites (N-methyl/N-ethyl adjacent to an activating group) is 1. The van der Waals surface area contributed by atoms with Crippen molar-refractivity contribution in [2.75, 3.05) is 20.8 Å². The third kappa shape index (κ3) is 4.76. The molecule has 1 heterocycles. The molecule has 6 heteroatoms. The molecule has 30 heavy (non-hydrogen) atoms. The van der Waals surface area contributed by atoms with Crippen LogP contribution < -0.4 is 9.47 Å². The van der Waals surface area contributed by atoms with Crippen molar-refractivity contribution in [1.82, 2.24) is 4.90 Å². The molecule has 0 aliphatic carbocycles. The molecule has 0 aromatic heterocycles. The van der Waals surface area contributed by atoms with E-state index in [4.69, 9.17) is 9.47 Å². The van der Waals surface area contributed by atoms with E-state index in [1.165, 1.54) is 17.3 Å². The zero-order chi connectivity index (χ0) is 21.7. The first kappa shape index (κ1) is 21.7. The summed E-state index contributed by atoms with van der Waals surface area (Å²) >= 11 is 1.36. The molecule has 3 rings (SSSR count). The molecule has 1 aliphatic rings. The molecule has 5 nitrogen and oxygen atoms in total. The number of aliphatic imine (C=N–C) groups is 1.